The number of aliphatic hydroxyl groups excluding tert-OH is 1. The molecule has 0 atom stereocenters. The Morgan fingerprint density at radius 3 is 2.42 bits per heavy atom. The van der Waals surface area contributed by atoms with E-state index in [-0.39, 0.29) is 23.7 Å². The Morgan fingerprint density at radius 1 is 1.16 bits per heavy atom. The lowest BCUT2D eigenvalue weighted by atomic mass is 10.3. The van der Waals surface area contributed by atoms with E-state index in [0.29, 0.717) is 25.6 Å². The van der Waals surface area contributed by atoms with Crippen LogP contribution in [-0.2, 0) is 14.6 Å². The van der Waals surface area contributed by atoms with Crippen molar-refractivity contribution in [1.29, 1.82) is 0 Å². The van der Waals surface area contributed by atoms with E-state index in [1.54, 1.807) is 12.1 Å². The topological polar surface area (TPSA) is 72.8 Å². The average molecular weight is 288 g/mol. The SMILES string of the molecule is CCOCCOc1ccc(S(=O)(=O)CCCO)cc1. The summed E-state index contributed by atoms with van der Waals surface area (Å²) < 4.78 is 34.2. The highest BCUT2D eigenvalue weighted by Gasteiger charge is 2.13. The second kappa shape index (κ2) is 8.14. The first-order valence-corrected chi connectivity index (χ1v) is 7.89. The molecule has 0 unspecified atom stereocenters. The molecule has 0 amide bonds. The van der Waals surface area contributed by atoms with Gasteiger partial charge in [0.05, 0.1) is 17.3 Å². The van der Waals surface area contributed by atoms with Gasteiger partial charge in [-0.2, -0.15) is 0 Å². The molecule has 0 aliphatic carbocycles. The van der Waals surface area contributed by atoms with Crippen molar-refractivity contribution in [2.75, 3.05) is 32.2 Å². The lowest BCUT2D eigenvalue weighted by Crippen LogP contribution is -2.09. The quantitative estimate of drug-likeness (QED) is 0.693. The first-order chi connectivity index (χ1) is 9.10. The molecule has 0 aliphatic heterocycles. The molecule has 0 aromatic heterocycles. The second-order valence-electron chi connectivity index (χ2n) is 3.91. The molecule has 0 bridgehead atoms. The van der Waals surface area contributed by atoms with Crippen molar-refractivity contribution in [3.63, 3.8) is 0 Å². The third kappa shape index (κ3) is 5.59. The van der Waals surface area contributed by atoms with E-state index in [1.165, 1.54) is 12.1 Å². The predicted molar refractivity (Wildman–Crippen MR) is 72.2 cm³/mol. The highest BCUT2D eigenvalue weighted by atomic mass is 32.2. The van der Waals surface area contributed by atoms with E-state index in [2.05, 4.69) is 0 Å². The standard InChI is InChI=1S/C13H20O5S/c1-2-17-9-10-18-12-4-6-13(7-5-12)19(15,16)11-3-8-14/h4-7,14H,2-3,8-11H2,1H3. The van der Waals surface area contributed by atoms with Gasteiger partial charge >= 0.3 is 0 Å². The van der Waals surface area contributed by atoms with Crippen molar-refractivity contribution >= 4 is 9.84 Å². The van der Waals surface area contributed by atoms with Crippen molar-refractivity contribution in [2.24, 2.45) is 0 Å². The van der Waals surface area contributed by atoms with Crippen LogP contribution < -0.4 is 4.74 Å². The van der Waals surface area contributed by atoms with E-state index in [0.717, 1.165) is 0 Å². The van der Waals surface area contributed by atoms with Gasteiger partial charge in [-0.1, -0.05) is 0 Å². The third-order valence-corrected chi connectivity index (χ3v) is 4.27. The van der Waals surface area contributed by atoms with E-state index in [1.807, 2.05) is 6.92 Å². The summed E-state index contributed by atoms with van der Waals surface area (Å²) in [5.74, 6) is 0.564. The smallest absolute Gasteiger partial charge is 0.178 e. The molecule has 0 saturated carbocycles. The fourth-order valence-corrected chi connectivity index (χ4v) is 2.77. The monoisotopic (exact) mass is 288 g/mol. The van der Waals surface area contributed by atoms with Crippen LogP contribution in [0.2, 0.25) is 0 Å². The Bertz CT molecular complexity index is 452. The number of hydrogen-bond donors (Lipinski definition) is 1. The summed E-state index contributed by atoms with van der Waals surface area (Å²) in [7, 11) is -3.31. The maximum atomic E-state index is 11.8. The molecule has 1 rings (SSSR count). The van der Waals surface area contributed by atoms with Crippen LogP contribution in [0.1, 0.15) is 13.3 Å². The molecule has 0 saturated heterocycles. The van der Waals surface area contributed by atoms with Gasteiger partial charge in [0.25, 0.3) is 0 Å². The molecule has 0 fully saturated rings. The van der Waals surface area contributed by atoms with Gasteiger partial charge in [-0.15, -0.1) is 0 Å². The van der Waals surface area contributed by atoms with E-state index >= 15 is 0 Å². The molecular formula is C13H20O5S. The Hall–Kier alpha value is -1.11. The molecule has 6 heteroatoms. The van der Waals surface area contributed by atoms with Crippen molar-refractivity contribution in [3.8, 4) is 5.75 Å². The molecule has 19 heavy (non-hydrogen) atoms. The molecule has 5 nitrogen and oxygen atoms in total. The van der Waals surface area contributed by atoms with Gasteiger partial charge in [-0.25, -0.2) is 8.42 Å². The second-order valence-corrected chi connectivity index (χ2v) is 6.02. The zero-order valence-electron chi connectivity index (χ0n) is 11.0. The third-order valence-electron chi connectivity index (χ3n) is 2.45. The van der Waals surface area contributed by atoms with Gasteiger partial charge in [-0.3, -0.25) is 0 Å². The normalized spacial score (nSPS) is 11.5. The van der Waals surface area contributed by atoms with Crippen molar-refractivity contribution < 1.29 is 23.0 Å². The molecular weight excluding hydrogens is 268 g/mol. The number of aliphatic hydroxyl groups is 1. The molecule has 0 heterocycles. The van der Waals surface area contributed by atoms with Gasteiger partial charge in [0.2, 0.25) is 0 Å². The fourth-order valence-electron chi connectivity index (χ4n) is 1.48. The van der Waals surface area contributed by atoms with Gasteiger partial charge in [0, 0.05) is 13.2 Å². The van der Waals surface area contributed by atoms with Gasteiger partial charge in [0.1, 0.15) is 12.4 Å². The summed E-state index contributed by atoms with van der Waals surface area (Å²) in [5.41, 5.74) is 0. The zero-order chi connectivity index (χ0) is 14.1. The minimum Gasteiger partial charge on any atom is -0.491 e. The number of ether oxygens (including phenoxy) is 2. The average Bonchev–Trinajstić information content (AvgIpc) is 2.42. The van der Waals surface area contributed by atoms with Gasteiger partial charge in [0.15, 0.2) is 9.84 Å². The van der Waals surface area contributed by atoms with Crippen LogP contribution in [0.4, 0.5) is 0 Å². The van der Waals surface area contributed by atoms with Gasteiger partial charge < -0.3 is 14.6 Å². The van der Waals surface area contributed by atoms with E-state index < -0.39 is 9.84 Å². The predicted octanol–water partition coefficient (Wildman–Crippen LogP) is 1.26. The molecule has 0 aliphatic rings. The van der Waals surface area contributed by atoms with E-state index in [4.69, 9.17) is 14.6 Å². The Balaban J connectivity index is 2.56. The minimum atomic E-state index is -3.31. The first kappa shape index (κ1) is 15.9. The van der Waals surface area contributed by atoms with Crippen LogP contribution >= 0.6 is 0 Å². The molecule has 1 aromatic rings. The van der Waals surface area contributed by atoms with Crippen molar-refractivity contribution in [1.82, 2.24) is 0 Å². The van der Waals surface area contributed by atoms with Crippen LogP contribution in [-0.4, -0.2) is 45.7 Å². The summed E-state index contributed by atoms with van der Waals surface area (Å²) in [6.45, 7) is 3.37. The minimum absolute atomic E-state index is 0.0476. The lowest BCUT2D eigenvalue weighted by molar-refractivity contribution is 0.110. The highest BCUT2D eigenvalue weighted by Crippen LogP contribution is 2.17. The van der Waals surface area contributed by atoms with Gasteiger partial charge in [-0.05, 0) is 37.6 Å². The summed E-state index contributed by atoms with van der Waals surface area (Å²) in [4.78, 5) is 0.248. The molecule has 0 spiro atoms. The van der Waals surface area contributed by atoms with E-state index in [9.17, 15) is 8.42 Å². The molecule has 1 N–H and O–H groups in total. The molecule has 1 aromatic carbocycles. The Labute approximate surface area is 114 Å². The van der Waals surface area contributed by atoms with Crippen LogP contribution in [0.3, 0.4) is 0 Å². The maximum Gasteiger partial charge on any atom is 0.178 e. The first-order valence-electron chi connectivity index (χ1n) is 6.24. The summed E-state index contributed by atoms with van der Waals surface area (Å²) in [6.07, 6.45) is 0.245. The van der Waals surface area contributed by atoms with Crippen LogP contribution in [0.25, 0.3) is 0 Å². The summed E-state index contributed by atoms with van der Waals surface area (Å²) in [6, 6.07) is 6.28. The highest BCUT2D eigenvalue weighted by molar-refractivity contribution is 7.91. The fraction of sp³-hybridized carbons (Fsp3) is 0.538. The Kier molecular flexibility index (Phi) is 6.83. The number of benzene rings is 1. The largest absolute Gasteiger partial charge is 0.491 e. The zero-order valence-corrected chi connectivity index (χ0v) is 11.9. The lowest BCUT2D eigenvalue weighted by Gasteiger charge is -2.07. The maximum absolute atomic E-state index is 11.8. The molecule has 0 radical (unpaired) electrons. The summed E-state index contributed by atoms with van der Waals surface area (Å²) >= 11 is 0. The van der Waals surface area contributed by atoms with Crippen molar-refractivity contribution in [3.05, 3.63) is 24.3 Å². The number of hydrogen-bond acceptors (Lipinski definition) is 5. The van der Waals surface area contributed by atoms with Crippen LogP contribution in [0.5, 0.6) is 5.75 Å². The van der Waals surface area contributed by atoms with Crippen LogP contribution in [0, 0.1) is 0 Å². The summed E-state index contributed by atoms with van der Waals surface area (Å²) in [5, 5.41) is 8.67. The molecule has 108 valence electrons. The van der Waals surface area contributed by atoms with Crippen LogP contribution in [0.15, 0.2) is 29.2 Å². The Morgan fingerprint density at radius 2 is 1.84 bits per heavy atom. The number of rotatable bonds is 9. The number of sulfone groups is 1. The van der Waals surface area contributed by atoms with Crippen molar-refractivity contribution in [2.45, 2.75) is 18.2 Å².